The Kier molecular flexibility index (Phi) is 17.7. The minimum absolute atomic E-state index is 0.0247. The van der Waals surface area contributed by atoms with Crippen LogP contribution < -0.4 is 15.4 Å². The topological polar surface area (TPSA) is 199 Å². The highest BCUT2D eigenvalue weighted by atomic mass is 32.1. The molecule has 74 heavy (non-hydrogen) atoms. The number of aliphatic imine (C=N–C) groups is 1. The molecule has 1 saturated heterocycles. The number of ether oxygens (including phenoxy) is 3. The van der Waals surface area contributed by atoms with Crippen LogP contribution in [0.3, 0.4) is 0 Å². The number of aliphatic hydroxyl groups is 1. The van der Waals surface area contributed by atoms with Gasteiger partial charge < -0.3 is 34.9 Å². The van der Waals surface area contributed by atoms with Crippen LogP contribution in [-0.2, 0) is 35.1 Å². The van der Waals surface area contributed by atoms with E-state index in [1.165, 1.54) is 9.78 Å². The number of thiophene rings is 1. The summed E-state index contributed by atoms with van der Waals surface area (Å²) in [7, 11) is 0. The molecule has 390 valence electrons. The number of hydrogen-bond donors (Lipinski definition) is 3. The molecule has 0 aliphatic carbocycles. The molecule has 3 N–H and O–H groups in total. The van der Waals surface area contributed by atoms with Gasteiger partial charge in [0.2, 0.25) is 17.7 Å². The number of benzene rings is 3. The normalized spacial score (nSPS) is 16.7. The Morgan fingerprint density at radius 2 is 1.57 bits per heavy atom. The number of hydrogen-bond acceptors (Lipinski definition) is 14. The minimum atomic E-state index is -0.933. The number of anilines is 1. The first kappa shape index (κ1) is 53.8. The zero-order valence-corrected chi connectivity index (χ0v) is 44.8. The lowest BCUT2D eigenvalue weighted by molar-refractivity contribution is -0.144. The molecule has 5 heterocycles. The third-order valence-corrected chi connectivity index (χ3v) is 15.5. The van der Waals surface area contributed by atoms with Crippen molar-refractivity contribution in [1.82, 2.24) is 30.0 Å². The molecule has 18 heteroatoms. The third-order valence-electron chi connectivity index (χ3n) is 13.3. The Morgan fingerprint density at radius 1 is 0.851 bits per heavy atom. The first-order valence-electron chi connectivity index (χ1n) is 25.2. The largest absolute Gasteiger partial charge is 0.494 e. The fraction of sp³-hybridized carbons (Fsp3) is 0.429. The average Bonchev–Trinajstić information content (AvgIpc) is 4.15. The molecule has 2 aliphatic rings. The van der Waals surface area contributed by atoms with Crippen molar-refractivity contribution in [2.24, 2.45) is 10.4 Å². The van der Waals surface area contributed by atoms with E-state index in [9.17, 15) is 24.3 Å². The molecule has 1 unspecified atom stereocenters. The van der Waals surface area contributed by atoms with Crippen molar-refractivity contribution in [2.75, 3.05) is 44.9 Å². The predicted octanol–water partition coefficient (Wildman–Crippen LogP) is 8.49. The summed E-state index contributed by atoms with van der Waals surface area (Å²) >= 11 is 3.27. The SMILES string of the molecule is Cc1ncsc1-c1ccc(CCC(=O)[C@@H]2C[C@@H](O)CN2C(=O)[C@@H](NC(=O)COCCCOCCCOc2ccc(NC(=O)CC3N=C(c4ccccc4)c4c(sc(C)c4C)-n4c(C)nnc43)cc2)C(C)(C)C)cc1. The number of thiazole rings is 1. The van der Waals surface area contributed by atoms with Crippen molar-refractivity contribution in [3.8, 4) is 21.2 Å². The number of β-amino-alcohol motifs (C(OH)–C–C–N with tert-alkyl or cyclic N) is 1. The Balaban J connectivity index is 0.719. The van der Waals surface area contributed by atoms with Crippen molar-refractivity contribution in [3.05, 3.63) is 129 Å². The third kappa shape index (κ3) is 13.1. The molecule has 3 amide bonds. The van der Waals surface area contributed by atoms with Crippen LogP contribution in [-0.4, -0.2) is 117 Å². The summed E-state index contributed by atoms with van der Waals surface area (Å²) in [6, 6.07) is 23.1. The second-order valence-corrected chi connectivity index (χ2v) is 22.0. The summed E-state index contributed by atoms with van der Waals surface area (Å²) in [4.78, 5) is 67.5. The van der Waals surface area contributed by atoms with Crippen LogP contribution in [0.4, 0.5) is 5.69 Å². The molecule has 16 nitrogen and oxygen atoms in total. The quantitative estimate of drug-likeness (QED) is 0.0551. The summed E-state index contributed by atoms with van der Waals surface area (Å²) in [5.41, 5.74) is 8.85. The van der Waals surface area contributed by atoms with Gasteiger partial charge in [0.15, 0.2) is 11.6 Å². The van der Waals surface area contributed by atoms with Crippen molar-refractivity contribution >= 4 is 57.6 Å². The average molecular weight is 1040 g/mol. The van der Waals surface area contributed by atoms with E-state index in [4.69, 9.17) is 19.2 Å². The Labute approximate surface area is 440 Å². The van der Waals surface area contributed by atoms with Crippen LogP contribution in [0.25, 0.3) is 15.4 Å². The van der Waals surface area contributed by atoms with Crippen LogP contribution in [0.5, 0.6) is 5.75 Å². The number of Topliss-reactive ketones (excluding diaryl/α,β-unsaturated/α-hetero) is 1. The van der Waals surface area contributed by atoms with Crippen molar-refractivity contribution in [1.29, 1.82) is 0 Å². The highest BCUT2D eigenvalue weighted by Gasteiger charge is 2.44. The monoisotopic (exact) mass is 1040 g/mol. The summed E-state index contributed by atoms with van der Waals surface area (Å²) < 4.78 is 19.4. The molecule has 3 aromatic carbocycles. The van der Waals surface area contributed by atoms with E-state index < -0.39 is 41.5 Å². The van der Waals surface area contributed by atoms with Gasteiger partial charge >= 0.3 is 0 Å². The fourth-order valence-corrected chi connectivity index (χ4v) is 11.3. The number of rotatable bonds is 22. The second-order valence-electron chi connectivity index (χ2n) is 20.0. The molecule has 6 aromatic rings. The van der Waals surface area contributed by atoms with Gasteiger partial charge in [-0.25, -0.2) is 4.98 Å². The van der Waals surface area contributed by atoms with E-state index in [1.807, 2.05) is 111 Å². The van der Waals surface area contributed by atoms with Crippen molar-refractivity contribution in [2.45, 2.75) is 111 Å². The maximum Gasteiger partial charge on any atom is 0.246 e. The molecule has 4 atom stereocenters. The smallest absolute Gasteiger partial charge is 0.246 e. The molecule has 3 aromatic heterocycles. The molecular weight excluding hydrogens is 977 g/mol. The first-order valence-corrected chi connectivity index (χ1v) is 26.9. The molecule has 2 aliphatic heterocycles. The number of ketones is 1. The van der Waals surface area contributed by atoms with E-state index in [-0.39, 0.29) is 50.7 Å². The van der Waals surface area contributed by atoms with E-state index in [0.717, 1.165) is 54.9 Å². The van der Waals surface area contributed by atoms with Gasteiger partial charge in [-0.05, 0) is 86.9 Å². The van der Waals surface area contributed by atoms with Gasteiger partial charge in [-0.3, -0.25) is 28.7 Å². The number of aromatic nitrogens is 4. The van der Waals surface area contributed by atoms with E-state index >= 15 is 0 Å². The summed E-state index contributed by atoms with van der Waals surface area (Å²) in [6.07, 6.45) is 1.34. The van der Waals surface area contributed by atoms with Crippen LogP contribution >= 0.6 is 22.7 Å². The number of amides is 3. The molecule has 0 spiro atoms. The zero-order chi connectivity index (χ0) is 52.5. The zero-order valence-electron chi connectivity index (χ0n) is 43.2. The second kappa shape index (κ2) is 24.3. The molecule has 1 fully saturated rings. The minimum Gasteiger partial charge on any atom is -0.494 e. The van der Waals surface area contributed by atoms with Gasteiger partial charge in [0.05, 0.1) is 47.0 Å². The van der Waals surface area contributed by atoms with Gasteiger partial charge in [-0.1, -0.05) is 75.4 Å². The molecule has 0 radical (unpaired) electrons. The van der Waals surface area contributed by atoms with Crippen molar-refractivity contribution in [3.63, 3.8) is 0 Å². The van der Waals surface area contributed by atoms with Crippen LogP contribution in [0, 0.1) is 33.1 Å². The predicted molar refractivity (Wildman–Crippen MR) is 287 cm³/mol. The summed E-state index contributed by atoms with van der Waals surface area (Å²) in [5.74, 6) is 0.869. The number of aryl methyl sites for hydroxylation is 4. The lowest BCUT2D eigenvalue weighted by atomic mass is 9.85. The number of fused-ring (bicyclic) bond motifs is 3. The van der Waals surface area contributed by atoms with Crippen molar-refractivity contribution < 1.29 is 38.5 Å². The van der Waals surface area contributed by atoms with Gasteiger partial charge in [0.1, 0.15) is 35.3 Å². The van der Waals surface area contributed by atoms with Crippen LogP contribution in [0.2, 0.25) is 0 Å². The summed E-state index contributed by atoms with van der Waals surface area (Å²) in [6.45, 7) is 15.1. The van der Waals surface area contributed by atoms with Gasteiger partial charge in [0.25, 0.3) is 0 Å². The number of carbonyl (C=O) groups is 4. The number of likely N-dealkylation sites (tertiary alicyclic amines) is 1. The van der Waals surface area contributed by atoms with E-state index in [1.54, 1.807) is 34.8 Å². The molecule has 0 bridgehead atoms. The van der Waals surface area contributed by atoms with E-state index in [0.29, 0.717) is 56.3 Å². The Bertz CT molecular complexity index is 2940. The van der Waals surface area contributed by atoms with Gasteiger partial charge in [0, 0.05) is 67.3 Å². The molecular formula is C56H66N8O8S2. The number of aliphatic hydroxyl groups excluding tert-OH is 1. The Hall–Kier alpha value is -6.44. The van der Waals surface area contributed by atoms with Crippen LogP contribution in [0.1, 0.15) is 103 Å². The maximum atomic E-state index is 14.0. The van der Waals surface area contributed by atoms with E-state index in [2.05, 4.69) is 39.7 Å². The number of nitrogens with zero attached hydrogens (tertiary/aromatic N) is 6. The highest BCUT2D eigenvalue weighted by Crippen LogP contribution is 2.40. The first-order chi connectivity index (χ1) is 35.5. The van der Waals surface area contributed by atoms with Gasteiger partial charge in [-0.2, -0.15) is 0 Å². The number of carbonyl (C=O) groups excluding carboxylic acids is 4. The highest BCUT2D eigenvalue weighted by molar-refractivity contribution is 7.15. The maximum absolute atomic E-state index is 14.0. The molecule has 0 saturated carbocycles. The lowest BCUT2D eigenvalue weighted by Crippen LogP contribution is -2.57. The number of nitrogens with one attached hydrogen (secondary N) is 2. The van der Waals surface area contributed by atoms with Gasteiger partial charge in [-0.15, -0.1) is 32.9 Å². The molecule has 8 rings (SSSR count). The lowest BCUT2D eigenvalue weighted by Gasteiger charge is -2.35. The van der Waals surface area contributed by atoms with Crippen LogP contribution in [0.15, 0.2) is 89.4 Å². The fourth-order valence-electron chi connectivity index (χ4n) is 9.24. The standard InChI is InChI=1S/C56H66N8O8S2/c1-34-36(3)74-55-49(34)50(39-13-9-8-10-14-39)59-44(53-62-61-37(4)64(53)55)30-47(67)58-41-20-22-43(23-21-41)72-28-12-26-70-25-11-27-71-32-48(68)60-52(56(5,6)7)54(69)63-31-42(65)29-45(63)46(66)24-17-38-15-18-40(19-16-38)51-35(2)57-33-73-51/h8-10,13-16,18-23,33,42,44-45,52,65H,11-12,17,24-32H2,1-7H3,(H,58,67)(H,60,68)/t42-,44?,45+,52-/m1/s1. The Morgan fingerprint density at radius 3 is 2.27 bits per heavy atom. The summed E-state index contributed by atoms with van der Waals surface area (Å²) in [5, 5.41) is 26.4.